The Morgan fingerprint density at radius 2 is 1.90 bits per heavy atom. The van der Waals surface area contributed by atoms with Crippen LogP contribution in [0, 0.1) is 13.8 Å². The van der Waals surface area contributed by atoms with Crippen molar-refractivity contribution >= 4 is 23.6 Å². The number of thiophene rings is 1. The molecule has 162 valence electrons. The number of rotatable bonds is 7. The topological polar surface area (TPSA) is 69.4 Å². The second-order valence-corrected chi connectivity index (χ2v) is 9.77. The third kappa shape index (κ3) is 9.55. The molecular weight excluding hydrogens is 393 g/mol. The van der Waals surface area contributed by atoms with Gasteiger partial charge >= 0.3 is 18.9 Å². The zero-order valence-corrected chi connectivity index (χ0v) is 20.2. The summed E-state index contributed by atoms with van der Waals surface area (Å²) in [5, 5.41) is 5.99. The van der Waals surface area contributed by atoms with Crippen LogP contribution in [0.3, 0.4) is 0 Å². The van der Waals surface area contributed by atoms with Crippen molar-refractivity contribution in [3.63, 3.8) is 0 Å². The Kier molecular flexibility index (Phi) is 11.8. The smallest absolute Gasteiger partial charge is 0.649 e. The van der Waals surface area contributed by atoms with E-state index < -0.39 is 0 Å². The van der Waals surface area contributed by atoms with Gasteiger partial charge in [0.25, 0.3) is 0 Å². The predicted molar refractivity (Wildman–Crippen MR) is 117 cm³/mol. The fourth-order valence-electron chi connectivity index (χ4n) is 2.40. The number of hydrogen-bond acceptors (Lipinski definition) is 6. The minimum Gasteiger partial charge on any atom is -0.649 e. The quantitative estimate of drug-likeness (QED) is 0.388. The number of carbonyl (C=O) groups excluding carboxylic acids is 2. The standard InChI is InChI=1S/C18H23NO2S.C5H9O2.Li/c1-6-14-12(2)22-11-15(14)16(20)9-7-8-13-10-17(21-19-13)18(3,4)5;1-5(2,3)7-4-6;/h10-11H,1-2,6-9H2,3-5H3;1-3H3;/q-2;-1;+1. The first-order chi connectivity index (χ1) is 13.4. The number of nitrogens with zero attached hydrogens (tertiary/aromatic N) is 1. The summed E-state index contributed by atoms with van der Waals surface area (Å²) in [5.74, 6) is 1.05. The summed E-state index contributed by atoms with van der Waals surface area (Å²) in [5.41, 5.74) is 2.29. The van der Waals surface area contributed by atoms with Gasteiger partial charge in [0.15, 0.2) is 0 Å². The van der Waals surface area contributed by atoms with Crippen LogP contribution in [0.5, 0.6) is 0 Å². The Morgan fingerprint density at radius 3 is 2.33 bits per heavy atom. The van der Waals surface area contributed by atoms with Crippen LogP contribution in [-0.2, 0) is 27.8 Å². The Labute approximate surface area is 197 Å². The summed E-state index contributed by atoms with van der Waals surface area (Å²) < 4.78 is 9.78. The van der Waals surface area contributed by atoms with Gasteiger partial charge in [-0.3, -0.25) is 4.79 Å². The Morgan fingerprint density at radius 1 is 1.27 bits per heavy atom. The molecule has 0 aliphatic carbocycles. The third-order valence-corrected chi connectivity index (χ3v) is 4.90. The van der Waals surface area contributed by atoms with Crippen LogP contribution in [0.4, 0.5) is 0 Å². The van der Waals surface area contributed by atoms with E-state index >= 15 is 0 Å². The number of Topliss-reactive ketones (excluding diaryl/α,β-unsaturated/α-hetero) is 1. The number of carbonyl (C=O) groups is 1. The van der Waals surface area contributed by atoms with E-state index in [0.29, 0.717) is 12.8 Å². The zero-order valence-electron chi connectivity index (χ0n) is 19.4. The summed E-state index contributed by atoms with van der Waals surface area (Å²) in [6, 6.07) is 1.99. The van der Waals surface area contributed by atoms with E-state index in [0.717, 1.165) is 40.3 Å². The summed E-state index contributed by atoms with van der Waals surface area (Å²) >= 11 is 1.52. The van der Waals surface area contributed by atoms with Crippen molar-refractivity contribution in [1.82, 2.24) is 5.16 Å². The number of aromatic nitrogens is 1. The third-order valence-electron chi connectivity index (χ3n) is 4.01. The minimum atomic E-state index is -0.373. The summed E-state index contributed by atoms with van der Waals surface area (Å²) in [7, 11) is 0. The van der Waals surface area contributed by atoms with Crippen molar-refractivity contribution in [1.29, 1.82) is 0 Å². The van der Waals surface area contributed by atoms with Gasteiger partial charge in [-0.1, -0.05) is 38.0 Å². The van der Waals surface area contributed by atoms with Crippen LogP contribution in [0.25, 0.3) is 0 Å². The molecule has 0 bridgehead atoms. The van der Waals surface area contributed by atoms with E-state index in [4.69, 9.17) is 4.52 Å². The van der Waals surface area contributed by atoms with Gasteiger partial charge in [-0.15, -0.1) is 4.88 Å². The molecule has 0 aliphatic heterocycles. The Hall–Kier alpha value is -1.48. The molecule has 0 atom stereocenters. The first-order valence-corrected chi connectivity index (χ1v) is 10.5. The van der Waals surface area contributed by atoms with Crippen LogP contribution in [0.15, 0.2) is 16.0 Å². The molecule has 0 saturated heterocycles. The van der Waals surface area contributed by atoms with E-state index in [1.165, 1.54) is 17.8 Å². The van der Waals surface area contributed by atoms with Crippen LogP contribution in [-0.4, -0.2) is 23.0 Å². The number of hydrogen-bond donors (Lipinski definition) is 0. The fraction of sp³-hybridized carbons (Fsp3) is 0.522. The predicted octanol–water partition coefficient (Wildman–Crippen LogP) is 2.67. The van der Waals surface area contributed by atoms with Crippen molar-refractivity contribution in [2.45, 2.75) is 78.2 Å². The van der Waals surface area contributed by atoms with Gasteiger partial charge in [0.2, 0.25) is 0 Å². The molecule has 0 N–H and O–H groups in total. The Balaban J connectivity index is 0.000000909. The molecular formula is C23H32LiNO4S-2. The maximum atomic E-state index is 12.3. The van der Waals surface area contributed by atoms with Gasteiger partial charge in [0.05, 0.1) is 11.3 Å². The molecule has 5 nitrogen and oxygen atoms in total. The maximum absolute atomic E-state index is 12.3. The van der Waals surface area contributed by atoms with E-state index in [1.807, 2.05) is 11.4 Å². The molecule has 7 heteroatoms. The molecule has 0 amide bonds. The van der Waals surface area contributed by atoms with Crippen LogP contribution >= 0.6 is 11.3 Å². The number of ketones is 1. The van der Waals surface area contributed by atoms with E-state index in [2.05, 4.69) is 44.5 Å². The van der Waals surface area contributed by atoms with Gasteiger partial charge in [0, 0.05) is 17.9 Å². The second kappa shape index (κ2) is 12.4. The minimum absolute atomic E-state index is 0. The molecule has 0 aromatic carbocycles. The molecule has 2 aromatic heterocycles. The zero-order chi connectivity index (χ0) is 22.2. The summed E-state index contributed by atoms with van der Waals surface area (Å²) in [6.07, 6.45) is 2.66. The average molecular weight is 426 g/mol. The van der Waals surface area contributed by atoms with E-state index in [9.17, 15) is 9.59 Å². The average Bonchev–Trinajstić information content (AvgIpc) is 3.20. The second-order valence-electron chi connectivity index (χ2n) is 8.81. The van der Waals surface area contributed by atoms with Gasteiger partial charge in [-0.25, -0.2) is 13.3 Å². The molecule has 2 aromatic rings. The van der Waals surface area contributed by atoms with Gasteiger partial charge in [-0.2, -0.15) is 16.9 Å². The summed E-state index contributed by atoms with van der Waals surface area (Å²) in [6.45, 7) is 20.8. The summed E-state index contributed by atoms with van der Waals surface area (Å²) in [4.78, 5) is 22.7. The molecule has 0 saturated carbocycles. The Bertz CT molecular complexity index is 797. The fourth-order valence-corrected chi connectivity index (χ4v) is 3.29. The molecule has 0 unspecified atom stereocenters. The molecule has 0 aliphatic rings. The number of ether oxygens (including phenoxy) is 1. The molecule has 0 radical (unpaired) electrons. The first kappa shape index (κ1) is 28.5. The monoisotopic (exact) mass is 425 g/mol. The van der Waals surface area contributed by atoms with Crippen LogP contribution in [0.1, 0.15) is 86.6 Å². The molecule has 0 fully saturated rings. The first-order valence-electron chi connectivity index (χ1n) is 9.65. The maximum Gasteiger partial charge on any atom is 1.00 e. The van der Waals surface area contributed by atoms with Crippen LogP contribution < -0.4 is 18.9 Å². The number of aryl methyl sites for hydroxylation is 1. The molecule has 0 spiro atoms. The van der Waals surface area contributed by atoms with Crippen molar-refractivity contribution < 1.29 is 37.7 Å². The van der Waals surface area contributed by atoms with Crippen molar-refractivity contribution in [2.24, 2.45) is 0 Å². The van der Waals surface area contributed by atoms with E-state index in [-0.39, 0.29) is 35.7 Å². The van der Waals surface area contributed by atoms with Gasteiger partial charge in [-0.05, 0) is 39.0 Å². The largest absolute Gasteiger partial charge is 1.00 e. The molecule has 2 heterocycles. The molecule has 2 rings (SSSR count). The van der Waals surface area contributed by atoms with Crippen molar-refractivity contribution in [2.75, 3.05) is 0 Å². The van der Waals surface area contributed by atoms with E-state index in [1.54, 1.807) is 20.8 Å². The normalized spacial score (nSPS) is 11.2. The van der Waals surface area contributed by atoms with Crippen molar-refractivity contribution in [3.8, 4) is 0 Å². The van der Waals surface area contributed by atoms with Crippen LogP contribution in [0.2, 0.25) is 0 Å². The van der Waals surface area contributed by atoms with Crippen molar-refractivity contribution in [3.05, 3.63) is 52.8 Å². The van der Waals surface area contributed by atoms with Gasteiger partial charge in [0.1, 0.15) is 11.5 Å². The SMILES string of the molecule is CC(C)(C)O[C-]=O.[CH2-]Cc1c(C(=O)CCCc2cc(C(C)(C)C)on2)csc1[CH2-].[Li+]. The van der Waals surface area contributed by atoms with Gasteiger partial charge < -0.3 is 21.0 Å². The molecule has 30 heavy (non-hydrogen) atoms.